The molecule has 0 aromatic carbocycles. The molecule has 0 amide bonds. The Morgan fingerprint density at radius 2 is 2.39 bits per heavy atom. The van der Waals surface area contributed by atoms with Gasteiger partial charge in [-0.05, 0) is 20.8 Å². The van der Waals surface area contributed by atoms with Gasteiger partial charge in [-0.2, -0.15) is 4.98 Å². The molecule has 1 aliphatic heterocycles. The largest absolute Gasteiger partial charge is 0.478 e. The maximum absolute atomic E-state index is 5.68. The molecule has 1 aliphatic rings. The minimum absolute atomic E-state index is 0.0133. The Balaban J connectivity index is 1.85. The SMILES string of the molecule is CCOc1ccnc(NCC2COC(C)(C)O2)n1. The Bertz CT molecular complexity index is 398. The van der Waals surface area contributed by atoms with Gasteiger partial charge in [0.15, 0.2) is 5.79 Å². The van der Waals surface area contributed by atoms with Crippen LogP contribution in [0.25, 0.3) is 0 Å². The fraction of sp³-hybridized carbons (Fsp3) is 0.667. The molecule has 1 fully saturated rings. The summed E-state index contributed by atoms with van der Waals surface area (Å²) in [6.45, 7) is 7.49. The second-order valence-electron chi connectivity index (χ2n) is 4.48. The number of hydrogen-bond donors (Lipinski definition) is 1. The Morgan fingerprint density at radius 3 is 3.06 bits per heavy atom. The highest BCUT2D eigenvalue weighted by atomic mass is 16.7. The molecule has 100 valence electrons. The van der Waals surface area contributed by atoms with Crippen LogP contribution in [0.5, 0.6) is 5.88 Å². The van der Waals surface area contributed by atoms with E-state index in [2.05, 4.69) is 15.3 Å². The molecule has 0 radical (unpaired) electrons. The van der Waals surface area contributed by atoms with E-state index in [0.29, 0.717) is 31.6 Å². The highest BCUT2D eigenvalue weighted by Crippen LogP contribution is 2.22. The highest BCUT2D eigenvalue weighted by molar-refractivity contribution is 5.27. The molecule has 0 aliphatic carbocycles. The van der Waals surface area contributed by atoms with Gasteiger partial charge in [-0.1, -0.05) is 0 Å². The summed E-state index contributed by atoms with van der Waals surface area (Å²) in [5.41, 5.74) is 0. The first-order chi connectivity index (χ1) is 8.59. The number of anilines is 1. The predicted molar refractivity (Wildman–Crippen MR) is 66.6 cm³/mol. The maximum atomic E-state index is 5.68. The van der Waals surface area contributed by atoms with Gasteiger partial charge >= 0.3 is 0 Å². The van der Waals surface area contributed by atoms with Gasteiger partial charge in [0, 0.05) is 18.8 Å². The number of nitrogens with one attached hydrogen (secondary N) is 1. The lowest BCUT2D eigenvalue weighted by Crippen LogP contribution is -2.26. The van der Waals surface area contributed by atoms with Crippen molar-refractivity contribution in [1.82, 2.24) is 9.97 Å². The third kappa shape index (κ3) is 3.54. The number of ether oxygens (including phenoxy) is 3. The minimum atomic E-state index is -0.500. The molecule has 1 atom stereocenters. The van der Waals surface area contributed by atoms with E-state index in [0.717, 1.165) is 0 Å². The van der Waals surface area contributed by atoms with Gasteiger partial charge in [0.05, 0.1) is 13.2 Å². The van der Waals surface area contributed by atoms with Crippen LogP contribution in [-0.4, -0.2) is 41.6 Å². The zero-order chi connectivity index (χ0) is 13.0. The molecule has 1 N–H and O–H groups in total. The number of aromatic nitrogens is 2. The van der Waals surface area contributed by atoms with Gasteiger partial charge in [-0.25, -0.2) is 4.98 Å². The molecule has 2 heterocycles. The Hall–Kier alpha value is -1.40. The van der Waals surface area contributed by atoms with Gasteiger partial charge in [0.1, 0.15) is 6.10 Å². The molecular formula is C12H19N3O3. The van der Waals surface area contributed by atoms with E-state index in [1.165, 1.54) is 0 Å². The van der Waals surface area contributed by atoms with E-state index in [-0.39, 0.29) is 6.10 Å². The van der Waals surface area contributed by atoms with Crippen LogP contribution in [0.1, 0.15) is 20.8 Å². The van der Waals surface area contributed by atoms with Crippen LogP contribution in [0.2, 0.25) is 0 Å². The molecule has 6 nitrogen and oxygen atoms in total. The first-order valence-corrected chi connectivity index (χ1v) is 6.10. The van der Waals surface area contributed by atoms with Crippen LogP contribution >= 0.6 is 0 Å². The van der Waals surface area contributed by atoms with E-state index < -0.39 is 5.79 Å². The summed E-state index contributed by atoms with van der Waals surface area (Å²) in [4.78, 5) is 8.34. The fourth-order valence-electron chi connectivity index (χ4n) is 1.72. The van der Waals surface area contributed by atoms with E-state index in [1.807, 2.05) is 20.8 Å². The van der Waals surface area contributed by atoms with E-state index in [9.17, 15) is 0 Å². The Morgan fingerprint density at radius 1 is 1.56 bits per heavy atom. The van der Waals surface area contributed by atoms with E-state index in [4.69, 9.17) is 14.2 Å². The van der Waals surface area contributed by atoms with Crippen molar-refractivity contribution < 1.29 is 14.2 Å². The third-order valence-electron chi connectivity index (χ3n) is 2.48. The second-order valence-corrected chi connectivity index (χ2v) is 4.48. The van der Waals surface area contributed by atoms with Crippen molar-refractivity contribution in [3.05, 3.63) is 12.3 Å². The quantitative estimate of drug-likeness (QED) is 0.856. The van der Waals surface area contributed by atoms with Gasteiger partial charge in [-0.3, -0.25) is 0 Å². The van der Waals surface area contributed by atoms with Crippen molar-refractivity contribution in [2.45, 2.75) is 32.7 Å². The summed E-state index contributed by atoms with van der Waals surface area (Å²) in [6, 6.07) is 1.73. The van der Waals surface area contributed by atoms with Gasteiger partial charge < -0.3 is 19.5 Å². The third-order valence-corrected chi connectivity index (χ3v) is 2.48. The normalized spacial score (nSPS) is 21.8. The number of nitrogens with zero attached hydrogens (tertiary/aromatic N) is 2. The summed E-state index contributed by atoms with van der Waals surface area (Å²) in [5, 5.41) is 3.12. The zero-order valence-electron chi connectivity index (χ0n) is 11.0. The van der Waals surface area contributed by atoms with E-state index >= 15 is 0 Å². The predicted octanol–water partition coefficient (Wildman–Crippen LogP) is 1.44. The van der Waals surface area contributed by atoms with Crippen molar-refractivity contribution in [2.24, 2.45) is 0 Å². The van der Waals surface area contributed by atoms with Crippen LogP contribution in [-0.2, 0) is 9.47 Å². The van der Waals surface area contributed by atoms with Crippen LogP contribution in [0.3, 0.4) is 0 Å². The summed E-state index contributed by atoms with van der Waals surface area (Å²) < 4.78 is 16.5. The molecule has 0 spiro atoms. The van der Waals surface area contributed by atoms with Crippen LogP contribution in [0.15, 0.2) is 12.3 Å². The van der Waals surface area contributed by atoms with Gasteiger partial charge in [0.25, 0.3) is 0 Å². The highest BCUT2D eigenvalue weighted by Gasteiger charge is 2.32. The first-order valence-electron chi connectivity index (χ1n) is 6.10. The Labute approximate surface area is 107 Å². The lowest BCUT2D eigenvalue weighted by molar-refractivity contribution is -0.136. The maximum Gasteiger partial charge on any atom is 0.226 e. The molecule has 1 saturated heterocycles. The molecule has 1 aromatic rings. The average molecular weight is 253 g/mol. The fourth-order valence-corrected chi connectivity index (χ4v) is 1.72. The van der Waals surface area contributed by atoms with Crippen LogP contribution in [0.4, 0.5) is 5.95 Å². The summed E-state index contributed by atoms with van der Waals surface area (Å²) in [5.74, 6) is 0.605. The van der Waals surface area contributed by atoms with Gasteiger partial charge in [0.2, 0.25) is 11.8 Å². The number of rotatable bonds is 5. The molecule has 18 heavy (non-hydrogen) atoms. The smallest absolute Gasteiger partial charge is 0.226 e. The average Bonchev–Trinajstić information content (AvgIpc) is 2.68. The van der Waals surface area contributed by atoms with Crippen molar-refractivity contribution in [3.8, 4) is 5.88 Å². The summed E-state index contributed by atoms with van der Waals surface area (Å²) in [6.07, 6.45) is 1.68. The topological polar surface area (TPSA) is 65.5 Å². The molecule has 6 heteroatoms. The van der Waals surface area contributed by atoms with E-state index in [1.54, 1.807) is 12.3 Å². The molecule has 1 aromatic heterocycles. The monoisotopic (exact) mass is 253 g/mol. The second kappa shape index (κ2) is 5.49. The molecule has 2 rings (SSSR count). The zero-order valence-corrected chi connectivity index (χ0v) is 11.0. The lowest BCUT2D eigenvalue weighted by Gasteiger charge is -2.17. The van der Waals surface area contributed by atoms with Crippen molar-refractivity contribution >= 4 is 5.95 Å². The summed E-state index contributed by atoms with van der Waals surface area (Å²) in [7, 11) is 0. The van der Waals surface area contributed by atoms with Crippen LogP contribution in [0, 0.1) is 0 Å². The number of hydrogen-bond acceptors (Lipinski definition) is 6. The lowest BCUT2D eigenvalue weighted by atomic mass is 10.4. The molecule has 0 saturated carbocycles. The van der Waals surface area contributed by atoms with Gasteiger partial charge in [-0.15, -0.1) is 0 Å². The van der Waals surface area contributed by atoms with Crippen molar-refractivity contribution in [1.29, 1.82) is 0 Å². The van der Waals surface area contributed by atoms with Crippen molar-refractivity contribution in [2.75, 3.05) is 25.1 Å². The molecular weight excluding hydrogens is 234 g/mol. The van der Waals surface area contributed by atoms with Crippen LogP contribution < -0.4 is 10.1 Å². The minimum Gasteiger partial charge on any atom is -0.478 e. The summed E-state index contributed by atoms with van der Waals surface area (Å²) >= 11 is 0. The van der Waals surface area contributed by atoms with Crippen molar-refractivity contribution in [3.63, 3.8) is 0 Å². The Kier molecular flexibility index (Phi) is 3.98. The molecule has 0 bridgehead atoms. The first kappa shape index (κ1) is 13.0. The molecule has 1 unspecified atom stereocenters. The standard InChI is InChI=1S/C12H19N3O3/c1-4-16-10-5-6-13-11(15-10)14-7-9-8-17-12(2,3)18-9/h5-6,9H,4,7-8H2,1-3H3,(H,13,14,15).